The summed E-state index contributed by atoms with van der Waals surface area (Å²) >= 11 is 0. The molecule has 0 heterocycles. The average Bonchev–Trinajstić information content (AvgIpc) is 2.75. The molecule has 5 N–H and O–H groups in total. The van der Waals surface area contributed by atoms with Gasteiger partial charge in [0.25, 0.3) is 5.91 Å². The van der Waals surface area contributed by atoms with Crippen molar-refractivity contribution in [2.45, 2.75) is 13.1 Å². The Kier molecular flexibility index (Phi) is 7.24. The zero-order valence-electron chi connectivity index (χ0n) is 17.7. The molecule has 0 saturated heterocycles. The van der Waals surface area contributed by atoms with Crippen LogP contribution in [-0.4, -0.2) is 30.9 Å². The van der Waals surface area contributed by atoms with Gasteiger partial charge >= 0.3 is 6.03 Å². The molecule has 7 nitrogen and oxygen atoms in total. The molecule has 3 amide bonds. The molecule has 160 valence electrons. The molecule has 0 radical (unpaired) electrons. The SMILES string of the molecule is CN(C)Cc1ccc(NC(=O)c2cccc(CNC(=O)Nc3ccc(N)cc3)c2)cc1. The number of urea groups is 1. The van der Waals surface area contributed by atoms with Gasteiger partial charge in [0.05, 0.1) is 0 Å². The molecule has 0 fully saturated rings. The van der Waals surface area contributed by atoms with Crippen molar-refractivity contribution in [1.82, 2.24) is 10.2 Å². The summed E-state index contributed by atoms with van der Waals surface area (Å²) in [5, 5.41) is 8.43. The molecule has 3 aromatic carbocycles. The van der Waals surface area contributed by atoms with Gasteiger partial charge < -0.3 is 26.6 Å². The van der Waals surface area contributed by atoms with Crippen LogP contribution in [0.1, 0.15) is 21.5 Å². The highest BCUT2D eigenvalue weighted by molar-refractivity contribution is 6.04. The van der Waals surface area contributed by atoms with Crippen molar-refractivity contribution >= 4 is 29.0 Å². The molecule has 0 atom stereocenters. The van der Waals surface area contributed by atoms with Gasteiger partial charge in [-0.2, -0.15) is 0 Å². The molecule has 3 rings (SSSR count). The van der Waals surface area contributed by atoms with Crippen molar-refractivity contribution in [1.29, 1.82) is 0 Å². The van der Waals surface area contributed by atoms with Crippen molar-refractivity contribution < 1.29 is 9.59 Å². The number of nitrogens with one attached hydrogen (secondary N) is 3. The number of nitrogen functional groups attached to an aromatic ring is 1. The second-order valence-electron chi connectivity index (χ2n) is 7.52. The molecule has 0 unspecified atom stereocenters. The molecule has 0 aliphatic carbocycles. The molecule has 0 aliphatic rings. The van der Waals surface area contributed by atoms with Gasteiger partial charge in [-0.15, -0.1) is 0 Å². The Bertz CT molecular complexity index is 1030. The molecular formula is C24H27N5O2. The first kappa shape index (κ1) is 21.9. The Labute approximate surface area is 182 Å². The zero-order valence-corrected chi connectivity index (χ0v) is 17.7. The number of anilines is 3. The molecule has 0 aliphatic heterocycles. The average molecular weight is 418 g/mol. The second kappa shape index (κ2) is 10.3. The topological polar surface area (TPSA) is 99.5 Å². The molecule has 0 spiro atoms. The summed E-state index contributed by atoms with van der Waals surface area (Å²) in [5.41, 5.74) is 10.2. The highest BCUT2D eigenvalue weighted by Gasteiger charge is 2.08. The number of hydrogen-bond donors (Lipinski definition) is 4. The van der Waals surface area contributed by atoms with E-state index in [1.54, 1.807) is 42.5 Å². The van der Waals surface area contributed by atoms with E-state index in [2.05, 4.69) is 20.9 Å². The van der Waals surface area contributed by atoms with Crippen LogP contribution >= 0.6 is 0 Å². The standard InChI is InChI=1S/C24H27N5O2/c1-29(2)16-17-6-10-21(11-7-17)27-23(30)19-5-3-4-18(14-19)15-26-24(31)28-22-12-8-20(25)9-13-22/h3-14H,15-16,25H2,1-2H3,(H,27,30)(H2,26,28,31). The molecule has 0 saturated carbocycles. The van der Waals surface area contributed by atoms with Gasteiger partial charge in [-0.3, -0.25) is 4.79 Å². The Morgan fingerprint density at radius 1 is 0.839 bits per heavy atom. The van der Waals surface area contributed by atoms with Crippen LogP contribution in [0.4, 0.5) is 21.9 Å². The first-order valence-corrected chi connectivity index (χ1v) is 9.93. The smallest absolute Gasteiger partial charge is 0.319 e. The highest BCUT2D eigenvalue weighted by atomic mass is 16.2. The Balaban J connectivity index is 1.54. The molecule has 3 aromatic rings. The largest absolute Gasteiger partial charge is 0.399 e. The van der Waals surface area contributed by atoms with Crippen molar-refractivity contribution in [2.75, 3.05) is 30.5 Å². The summed E-state index contributed by atoms with van der Waals surface area (Å²) in [6, 6.07) is 21.5. The van der Waals surface area contributed by atoms with Gasteiger partial charge in [-0.05, 0) is 73.8 Å². The molecular weight excluding hydrogens is 390 g/mol. The fraction of sp³-hybridized carbons (Fsp3) is 0.167. The van der Waals surface area contributed by atoms with Crippen LogP contribution in [0.15, 0.2) is 72.8 Å². The number of amides is 3. The second-order valence-corrected chi connectivity index (χ2v) is 7.52. The minimum atomic E-state index is -0.336. The lowest BCUT2D eigenvalue weighted by atomic mass is 10.1. The van der Waals surface area contributed by atoms with Crippen LogP contribution in [-0.2, 0) is 13.1 Å². The van der Waals surface area contributed by atoms with E-state index in [1.807, 2.05) is 44.4 Å². The molecule has 0 aromatic heterocycles. The summed E-state index contributed by atoms with van der Waals surface area (Å²) in [5.74, 6) is -0.200. The van der Waals surface area contributed by atoms with Crippen LogP contribution in [0.25, 0.3) is 0 Å². The van der Waals surface area contributed by atoms with E-state index in [0.29, 0.717) is 23.5 Å². The first-order valence-electron chi connectivity index (χ1n) is 9.93. The van der Waals surface area contributed by atoms with Crippen LogP contribution in [0.3, 0.4) is 0 Å². The van der Waals surface area contributed by atoms with Gasteiger partial charge in [0.15, 0.2) is 0 Å². The van der Waals surface area contributed by atoms with Gasteiger partial charge in [0.2, 0.25) is 0 Å². The fourth-order valence-corrected chi connectivity index (χ4v) is 3.01. The van der Waals surface area contributed by atoms with Crippen LogP contribution in [0, 0.1) is 0 Å². The normalized spacial score (nSPS) is 10.5. The predicted octanol–water partition coefficient (Wildman–Crippen LogP) is 3.90. The third-order valence-corrected chi connectivity index (χ3v) is 4.52. The Morgan fingerprint density at radius 3 is 2.16 bits per heavy atom. The quantitative estimate of drug-likeness (QED) is 0.438. The number of nitrogens with two attached hydrogens (primary N) is 1. The Hall–Kier alpha value is -3.84. The van der Waals surface area contributed by atoms with E-state index in [-0.39, 0.29) is 11.9 Å². The third-order valence-electron chi connectivity index (χ3n) is 4.52. The highest BCUT2D eigenvalue weighted by Crippen LogP contribution is 2.14. The monoisotopic (exact) mass is 417 g/mol. The van der Waals surface area contributed by atoms with E-state index in [1.165, 1.54) is 5.56 Å². The van der Waals surface area contributed by atoms with Gasteiger partial charge in [0, 0.05) is 35.7 Å². The number of rotatable bonds is 7. The molecule has 7 heteroatoms. The predicted molar refractivity (Wildman–Crippen MR) is 125 cm³/mol. The third kappa shape index (κ3) is 6.87. The van der Waals surface area contributed by atoms with Crippen molar-refractivity contribution in [2.24, 2.45) is 0 Å². The number of hydrogen-bond acceptors (Lipinski definition) is 4. The van der Waals surface area contributed by atoms with Crippen LogP contribution in [0.5, 0.6) is 0 Å². The van der Waals surface area contributed by atoms with Gasteiger partial charge in [0.1, 0.15) is 0 Å². The first-order chi connectivity index (χ1) is 14.9. The zero-order chi connectivity index (χ0) is 22.2. The summed E-state index contributed by atoms with van der Waals surface area (Å²) in [4.78, 5) is 26.8. The van der Waals surface area contributed by atoms with Crippen molar-refractivity contribution in [3.05, 3.63) is 89.5 Å². The lowest BCUT2D eigenvalue weighted by Crippen LogP contribution is -2.28. The summed E-state index contributed by atoms with van der Waals surface area (Å²) < 4.78 is 0. The van der Waals surface area contributed by atoms with E-state index in [9.17, 15) is 9.59 Å². The summed E-state index contributed by atoms with van der Waals surface area (Å²) in [6.07, 6.45) is 0. The number of nitrogens with zero attached hydrogens (tertiary/aromatic N) is 1. The maximum Gasteiger partial charge on any atom is 0.319 e. The van der Waals surface area contributed by atoms with E-state index in [4.69, 9.17) is 5.73 Å². The van der Waals surface area contributed by atoms with Gasteiger partial charge in [-0.1, -0.05) is 24.3 Å². The number of carbonyl (C=O) groups excluding carboxylic acids is 2. The maximum absolute atomic E-state index is 12.6. The van der Waals surface area contributed by atoms with Crippen molar-refractivity contribution in [3.63, 3.8) is 0 Å². The maximum atomic E-state index is 12.6. The number of carbonyl (C=O) groups is 2. The van der Waals surface area contributed by atoms with E-state index < -0.39 is 0 Å². The molecule has 31 heavy (non-hydrogen) atoms. The van der Waals surface area contributed by atoms with Crippen LogP contribution in [0.2, 0.25) is 0 Å². The van der Waals surface area contributed by atoms with Crippen LogP contribution < -0.4 is 21.7 Å². The van der Waals surface area contributed by atoms with E-state index in [0.717, 1.165) is 17.8 Å². The summed E-state index contributed by atoms with van der Waals surface area (Å²) in [6.45, 7) is 1.14. The minimum absolute atomic E-state index is 0.200. The van der Waals surface area contributed by atoms with Gasteiger partial charge in [-0.25, -0.2) is 4.79 Å². The van der Waals surface area contributed by atoms with Crippen molar-refractivity contribution in [3.8, 4) is 0 Å². The Morgan fingerprint density at radius 2 is 1.48 bits per heavy atom. The number of benzene rings is 3. The lowest BCUT2D eigenvalue weighted by molar-refractivity contribution is 0.102. The van der Waals surface area contributed by atoms with E-state index >= 15 is 0 Å². The minimum Gasteiger partial charge on any atom is -0.399 e. The summed E-state index contributed by atoms with van der Waals surface area (Å²) in [7, 11) is 4.03. The lowest BCUT2D eigenvalue weighted by Gasteiger charge is -2.11. The fourth-order valence-electron chi connectivity index (χ4n) is 3.01. The molecule has 0 bridgehead atoms.